The number of hydrogen-bond donors (Lipinski definition) is 4. The van der Waals surface area contributed by atoms with Gasteiger partial charge in [-0.25, -0.2) is 4.57 Å². The highest BCUT2D eigenvalue weighted by Crippen LogP contribution is 2.43. The molecule has 5 N–H and O–H groups in total. The lowest BCUT2D eigenvalue weighted by Crippen LogP contribution is -2.45. The van der Waals surface area contributed by atoms with E-state index < -0.39 is 20.0 Å². The minimum atomic E-state index is -4.33. The maximum Gasteiger partial charge on any atom is 0.472 e. The first-order valence-electron chi connectivity index (χ1n) is 17.5. The summed E-state index contributed by atoms with van der Waals surface area (Å²) in [4.78, 5) is 22.5. The molecule has 0 heterocycles. The number of aliphatic hydroxyl groups excluding tert-OH is 1. The van der Waals surface area contributed by atoms with Crippen LogP contribution in [-0.4, -0.2) is 47.8 Å². The second-order valence-electron chi connectivity index (χ2n) is 11.7. The smallest absolute Gasteiger partial charge is 0.387 e. The van der Waals surface area contributed by atoms with Crippen LogP contribution in [-0.2, 0) is 18.4 Å². The number of aliphatic hydroxyl groups is 1. The summed E-state index contributed by atoms with van der Waals surface area (Å²) in [5.41, 5.74) is 5.34. The predicted molar refractivity (Wildman–Crippen MR) is 180 cm³/mol. The van der Waals surface area contributed by atoms with Gasteiger partial charge in [-0.2, -0.15) is 0 Å². The maximum absolute atomic E-state index is 12.6. The Morgan fingerprint density at radius 2 is 1.21 bits per heavy atom. The fourth-order valence-corrected chi connectivity index (χ4v) is 5.59. The Morgan fingerprint density at radius 1 is 0.744 bits per heavy atom. The lowest BCUT2D eigenvalue weighted by atomic mass is 10.1. The molecule has 0 bridgehead atoms. The summed E-state index contributed by atoms with van der Waals surface area (Å²) in [5, 5.41) is 13.5. The van der Waals surface area contributed by atoms with Gasteiger partial charge in [-0.05, 0) is 44.9 Å². The van der Waals surface area contributed by atoms with E-state index in [4.69, 9.17) is 14.8 Å². The minimum Gasteiger partial charge on any atom is -0.387 e. The van der Waals surface area contributed by atoms with Crippen LogP contribution in [0.3, 0.4) is 0 Å². The molecular weight excluding hydrogens is 563 g/mol. The molecule has 1 amide bonds. The molecule has 0 aromatic carbocycles. The summed E-state index contributed by atoms with van der Waals surface area (Å²) < 4.78 is 21.9. The van der Waals surface area contributed by atoms with E-state index in [1.165, 1.54) is 83.5 Å². The molecule has 0 rings (SSSR count). The van der Waals surface area contributed by atoms with Crippen molar-refractivity contribution < 1.29 is 28.4 Å². The molecule has 0 aromatic rings. The zero-order valence-corrected chi connectivity index (χ0v) is 28.6. The van der Waals surface area contributed by atoms with Gasteiger partial charge in [0.15, 0.2) is 0 Å². The van der Waals surface area contributed by atoms with E-state index in [0.717, 1.165) is 51.4 Å². The normalized spacial score (nSPS) is 14.8. The van der Waals surface area contributed by atoms with Crippen molar-refractivity contribution in [1.82, 2.24) is 5.32 Å². The third-order valence-corrected chi connectivity index (χ3v) is 8.51. The van der Waals surface area contributed by atoms with Crippen molar-refractivity contribution in [1.29, 1.82) is 0 Å². The van der Waals surface area contributed by atoms with Gasteiger partial charge in [0.2, 0.25) is 5.91 Å². The highest BCUT2D eigenvalue weighted by molar-refractivity contribution is 7.47. The molecule has 0 radical (unpaired) electrons. The number of nitrogens with two attached hydrogens (primary N) is 1. The SMILES string of the molecule is CCCCCC/C=C\CCCCCCCC(=O)NC(COP(=O)(O)OCCN)C(O)/C=C/CCCCCCCCCCC. The number of carbonyl (C=O) groups excluding carboxylic acids is 1. The van der Waals surface area contributed by atoms with Gasteiger partial charge >= 0.3 is 7.82 Å². The number of unbranched alkanes of at least 4 members (excludes halogenated alkanes) is 18. The average Bonchev–Trinajstić information content (AvgIpc) is 2.99. The first-order chi connectivity index (χ1) is 20.9. The van der Waals surface area contributed by atoms with Crippen molar-refractivity contribution in [3.8, 4) is 0 Å². The number of hydrogen-bond acceptors (Lipinski definition) is 6. The molecule has 0 spiro atoms. The lowest BCUT2D eigenvalue weighted by molar-refractivity contribution is -0.123. The largest absolute Gasteiger partial charge is 0.472 e. The van der Waals surface area contributed by atoms with E-state index in [9.17, 15) is 19.4 Å². The summed E-state index contributed by atoms with van der Waals surface area (Å²) in [7, 11) is -4.33. The molecule has 3 atom stereocenters. The number of allylic oxidation sites excluding steroid dienone is 3. The van der Waals surface area contributed by atoms with Crippen LogP contribution in [0.5, 0.6) is 0 Å². The van der Waals surface area contributed by atoms with Gasteiger partial charge in [-0.1, -0.05) is 128 Å². The first kappa shape index (κ1) is 42.0. The van der Waals surface area contributed by atoms with Crippen LogP contribution in [0.4, 0.5) is 0 Å². The highest BCUT2D eigenvalue weighted by atomic mass is 31.2. The zero-order chi connectivity index (χ0) is 31.9. The number of amides is 1. The third-order valence-electron chi connectivity index (χ3n) is 7.52. The van der Waals surface area contributed by atoms with Gasteiger partial charge in [0, 0.05) is 13.0 Å². The van der Waals surface area contributed by atoms with E-state index in [-0.39, 0.29) is 25.7 Å². The molecule has 8 nitrogen and oxygen atoms in total. The van der Waals surface area contributed by atoms with Crippen LogP contribution in [0.2, 0.25) is 0 Å². The zero-order valence-electron chi connectivity index (χ0n) is 27.7. The van der Waals surface area contributed by atoms with Gasteiger partial charge in [-0.15, -0.1) is 0 Å². The molecule has 3 unspecified atom stereocenters. The Balaban J connectivity index is 4.39. The molecule has 0 saturated heterocycles. The number of carbonyl (C=O) groups is 1. The van der Waals surface area contributed by atoms with Gasteiger partial charge < -0.3 is 21.1 Å². The van der Waals surface area contributed by atoms with Crippen molar-refractivity contribution in [3.63, 3.8) is 0 Å². The van der Waals surface area contributed by atoms with Gasteiger partial charge in [-0.3, -0.25) is 13.8 Å². The van der Waals surface area contributed by atoms with Gasteiger partial charge in [0.05, 0.1) is 25.4 Å². The predicted octanol–water partition coefficient (Wildman–Crippen LogP) is 8.66. The number of rotatable bonds is 32. The van der Waals surface area contributed by atoms with Crippen molar-refractivity contribution in [2.24, 2.45) is 5.73 Å². The lowest BCUT2D eigenvalue weighted by Gasteiger charge is -2.23. The quantitative estimate of drug-likeness (QED) is 0.0332. The molecule has 0 saturated carbocycles. The molecule has 0 aliphatic rings. The van der Waals surface area contributed by atoms with E-state index >= 15 is 0 Å². The first-order valence-corrected chi connectivity index (χ1v) is 19.0. The standard InChI is InChI=1S/C34H67N2O6P/c1-3-5-7-9-11-13-15-16-18-20-22-24-26-28-34(38)36-32(31-42-43(39,40)41-30-29-35)33(37)27-25-23-21-19-17-14-12-10-8-6-4-2/h13,15,25,27,32-33,37H,3-12,14,16-24,26,28-31,35H2,1-2H3,(H,36,38)(H,39,40)/b15-13-,27-25+. The fourth-order valence-electron chi connectivity index (χ4n) is 4.83. The Labute approximate surface area is 264 Å². The summed E-state index contributed by atoms with van der Waals surface area (Å²) in [6.45, 7) is 4.07. The van der Waals surface area contributed by atoms with Crippen molar-refractivity contribution in [3.05, 3.63) is 24.3 Å². The maximum atomic E-state index is 12.6. The molecule has 9 heteroatoms. The summed E-state index contributed by atoms with van der Waals surface area (Å²) in [6.07, 6.45) is 32.2. The Bertz CT molecular complexity index is 734. The molecule has 43 heavy (non-hydrogen) atoms. The monoisotopic (exact) mass is 630 g/mol. The van der Waals surface area contributed by atoms with Crippen LogP contribution < -0.4 is 11.1 Å². The second kappa shape index (κ2) is 31.0. The van der Waals surface area contributed by atoms with Gasteiger partial charge in [0.25, 0.3) is 0 Å². The van der Waals surface area contributed by atoms with Crippen LogP contribution >= 0.6 is 7.82 Å². The molecule has 0 aromatic heterocycles. The Morgan fingerprint density at radius 3 is 1.74 bits per heavy atom. The topological polar surface area (TPSA) is 131 Å². The van der Waals surface area contributed by atoms with Crippen molar-refractivity contribution in [2.75, 3.05) is 19.8 Å². The molecular formula is C34H67N2O6P. The molecule has 0 aliphatic carbocycles. The van der Waals surface area contributed by atoms with Gasteiger partial charge in [0.1, 0.15) is 0 Å². The minimum absolute atomic E-state index is 0.0775. The number of nitrogens with one attached hydrogen (secondary N) is 1. The number of phosphoric acid groups is 1. The number of phosphoric ester groups is 1. The van der Waals surface area contributed by atoms with E-state index in [1.54, 1.807) is 6.08 Å². The van der Waals surface area contributed by atoms with E-state index in [2.05, 4.69) is 31.3 Å². The van der Waals surface area contributed by atoms with Crippen LogP contribution in [0.25, 0.3) is 0 Å². The molecule has 254 valence electrons. The van der Waals surface area contributed by atoms with E-state index in [1.807, 2.05) is 6.08 Å². The van der Waals surface area contributed by atoms with Crippen LogP contribution in [0.15, 0.2) is 24.3 Å². The van der Waals surface area contributed by atoms with Crippen molar-refractivity contribution in [2.45, 2.75) is 167 Å². The fraction of sp³-hybridized carbons (Fsp3) is 0.853. The molecule has 0 aliphatic heterocycles. The van der Waals surface area contributed by atoms with Crippen LogP contribution in [0.1, 0.15) is 155 Å². The molecule has 0 fully saturated rings. The summed E-state index contributed by atoms with van der Waals surface area (Å²) >= 11 is 0. The summed E-state index contributed by atoms with van der Waals surface area (Å²) in [6, 6.07) is -0.859. The Hall–Kier alpha value is -1.02. The average molecular weight is 631 g/mol. The second-order valence-corrected chi connectivity index (χ2v) is 13.2. The Kier molecular flexibility index (Phi) is 30.2. The van der Waals surface area contributed by atoms with Crippen LogP contribution in [0, 0.1) is 0 Å². The summed E-state index contributed by atoms with van der Waals surface area (Å²) in [5.74, 6) is -0.207. The third kappa shape index (κ3) is 29.5. The highest BCUT2D eigenvalue weighted by Gasteiger charge is 2.26. The van der Waals surface area contributed by atoms with E-state index in [0.29, 0.717) is 6.42 Å². The van der Waals surface area contributed by atoms with Crippen molar-refractivity contribution >= 4 is 13.7 Å².